The topological polar surface area (TPSA) is 37.8 Å². The maximum absolute atomic E-state index is 6.04. The zero-order valence-corrected chi connectivity index (χ0v) is 12.1. The number of nitrogens with one attached hydrogen (secondary N) is 1. The summed E-state index contributed by atoms with van der Waals surface area (Å²) in [5, 5.41) is 0.444. The van der Waals surface area contributed by atoms with Gasteiger partial charge in [-0.05, 0) is 25.0 Å². The van der Waals surface area contributed by atoms with E-state index >= 15 is 0 Å². The summed E-state index contributed by atoms with van der Waals surface area (Å²) in [7, 11) is 0. The Morgan fingerprint density at radius 3 is 2.44 bits per heavy atom. The zero-order valence-electron chi connectivity index (χ0n) is 10.5. The van der Waals surface area contributed by atoms with E-state index in [1.165, 1.54) is 23.1 Å². The van der Waals surface area contributed by atoms with Gasteiger partial charge in [-0.3, -0.25) is 4.72 Å². The number of hydrogen-bond acceptors (Lipinski definition) is 4. The second-order valence-corrected chi connectivity index (χ2v) is 4.97. The molecule has 0 unspecified atom stereocenters. The lowest BCUT2D eigenvalue weighted by Crippen LogP contribution is -1.98. The highest BCUT2D eigenvalue weighted by atomic mass is 35.5. The Kier molecular flexibility index (Phi) is 4.09. The average molecular weight is 280 g/mol. The summed E-state index contributed by atoms with van der Waals surface area (Å²) in [5.74, 6) is 0.535. The SMILES string of the molecule is CSNc1nc(Cl)cc(-c2c(C)cccc2C)n1. The summed E-state index contributed by atoms with van der Waals surface area (Å²) in [4.78, 5) is 8.62. The summed E-state index contributed by atoms with van der Waals surface area (Å²) in [6.07, 6.45) is 1.92. The minimum atomic E-state index is 0.444. The van der Waals surface area contributed by atoms with Gasteiger partial charge in [0.15, 0.2) is 0 Å². The van der Waals surface area contributed by atoms with Crippen molar-refractivity contribution in [2.24, 2.45) is 0 Å². The highest BCUT2D eigenvalue weighted by Crippen LogP contribution is 2.28. The van der Waals surface area contributed by atoms with Crippen LogP contribution in [0.15, 0.2) is 24.3 Å². The van der Waals surface area contributed by atoms with Crippen molar-refractivity contribution in [1.82, 2.24) is 9.97 Å². The Labute approximate surface area is 116 Å². The van der Waals surface area contributed by atoms with E-state index in [1.54, 1.807) is 6.07 Å². The van der Waals surface area contributed by atoms with E-state index < -0.39 is 0 Å². The lowest BCUT2D eigenvalue weighted by Gasteiger charge is -2.10. The molecular formula is C13H14ClN3S. The predicted octanol–water partition coefficient (Wildman–Crippen LogP) is 4.10. The summed E-state index contributed by atoms with van der Waals surface area (Å²) >= 11 is 7.48. The number of nitrogens with zero attached hydrogens (tertiary/aromatic N) is 2. The van der Waals surface area contributed by atoms with Crippen LogP contribution in [0.2, 0.25) is 5.15 Å². The third-order valence-electron chi connectivity index (χ3n) is 2.63. The normalized spacial score (nSPS) is 10.4. The molecule has 2 aromatic rings. The maximum Gasteiger partial charge on any atom is 0.234 e. The fourth-order valence-electron chi connectivity index (χ4n) is 1.90. The predicted molar refractivity (Wildman–Crippen MR) is 79.1 cm³/mol. The molecule has 0 bridgehead atoms. The van der Waals surface area contributed by atoms with E-state index in [0.717, 1.165) is 11.3 Å². The van der Waals surface area contributed by atoms with Crippen LogP contribution in [0.4, 0.5) is 5.95 Å². The van der Waals surface area contributed by atoms with Gasteiger partial charge in [0.1, 0.15) is 5.15 Å². The van der Waals surface area contributed by atoms with Crippen molar-refractivity contribution in [1.29, 1.82) is 0 Å². The molecule has 0 aliphatic carbocycles. The third kappa shape index (κ3) is 2.76. The number of aryl methyl sites for hydroxylation is 2. The Hall–Kier alpha value is -1.26. The van der Waals surface area contributed by atoms with Gasteiger partial charge in [0.05, 0.1) is 5.69 Å². The van der Waals surface area contributed by atoms with Crippen molar-refractivity contribution in [3.63, 3.8) is 0 Å². The molecule has 1 aromatic heterocycles. The van der Waals surface area contributed by atoms with Gasteiger partial charge in [-0.15, -0.1) is 0 Å². The van der Waals surface area contributed by atoms with Crippen molar-refractivity contribution in [3.05, 3.63) is 40.5 Å². The minimum Gasteiger partial charge on any atom is -0.298 e. The molecule has 0 fully saturated rings. The van der Waals surface area contributed by atoms with Crippen LogP contribution >= 0.6 is 23.5 Å². The highest BCUT2D eigenvalue weighted by molar-refractivity contribution is 7.99. The van der Waals surface area contributed by atoms with Crippen molar-refractivity contribution in [3.8, 4) is 11.3 Å². The Balaban J connectivity index is 2.56. The number of anilines is 1. The molecule has 1 aromatic carbocycles. The molecule has 0 amide bonds. The molecular weight excluding hydrogens is 266 g/mol. The summed E-state index contributed by atoms with van der Waals surface area (Å²) in [5.41, 5.74) is 4.33. The van der Waals surface area contributed by atoms with E-state index in [4.69, 9.17) is 11.6 Å². The van der Waals surface area contributed by atoms with Crippen molar-refractivity contribution < 1.29 is 0 Å². The molecule has 0 spiro atoms. The van der Waals surface area contributed by atoms with Gasteiger partial charge in [0, 0.05) is 17.9 Å². The smallest absolute Gasteiger partial charge is 0.234 e. The lowest BCUT2D eigenvalue weighted by molar-refractivity contribution is 1.18. The Morgan fingerprint density at radius 2 is 1.83 bits per heavy atom. The van der Waals surface area contributed by atoms with E-state index in [0.29, 0.717) is 11.1 Å². The van der Waals surface area contributed by atoms with Gasteiger partial charge < -0.3 is 0 Å². The van der Waals surface area contributed by atoms with Crippen LogP contribution in [0.1, 0.15) is 11.1 Å². The lowest BCUT2D eigenvalue weighted by atomic mass is 10.00. The molecule has 0 atom stereocenters. The van der Waals surface area contributed by atoms with Crippen LogP contribution in [0, 0.1) is 13.8 Å². The molecule has 94 valence electrons. The van der Waals surface area contributed by atoms with E-state index in [2.05, 4.69) is 40.7 Å². The first-order valence-corrected chi connectivity index (χ1v) is 7.12. The minimum absolute atomic E-state index is 0.444. The second kappa shape index (κ2) is 5.59. The number of rotatable bonds is 3. The molecule has 0 saturated carbocycles. The number of halogens is 1. The van der Waals surface area contributed by atoms with Crippen LogP contribution in [-0.4, -0.2) is 16.2 Å². The number of aromatic nitrogens is 2. The highest BCUT2D eigenvalue weighted by Gasteiger charge is 2.10. The summed E-state index contributed by atoms with van der Waals surface area (Å²) in [6, 6.07) is 7.97. The Morgan fingerprint density at radius 1 is 1.17 bits per heavy atom. The monoisotopic (exact) mass is 279 g/mol. The van der Waals surface area contributed by atoms with Gasteiger partial charge in [0.2, 0.25) is 5.95 Å². The van der Waals surface area contributed by atoms with Gasteiger partial charge in [-0.1, -0.05) is 41.7 Å². The van der Waals surface area contributed by atoms with E-state index in [-0.39, 0.29) is 0 Å². The summed E-state index contributed by atoms with van der Waals surface area (Å²) in [6.45, 7) is 4.14. The van der Waals surface area contributed by atoms with Crippen LogP contribution in [0.3, 0.4) is 0 Å². The third-order valence-corrected chi connectivity index (χ3v) is 3.21. The molecule has 0 aliphatic heterocycles. The molecule has 5 heteroatoms. The molecule has 1 heterocycles. The van der Waals surface area contributed by atoms with Crippen LogP contribution < -0.4 is 4.72 Å². The van der Waals surface area contributed by atoms with Gasteiger partial charge >= 0.3 is 0 Å². The second-order valence-electron chi connectivity index (χ2n) is 3.97. The van der Waals surface area contributed by atoms with Gasteiger partial charge in [-0.25, -0.2) is 9.97 Å². The molecule has 0 aliphatic rings. The van der Waals surface area contributed by atoms with Crippen molar-refractivity contribution >= 4 is 29.5 Å². The number of benzene rings is 1. The van der Waals surface area contributed by atoms with Crippen LogP contribution in [0.25, 0.3) is 11.3 Å². The standard InChI is InChI=1S/C13H14ClN3S/c1-8-5-4-6-9(2)12(8)10-7-11(14)16-13(15-10)17-18-3/h4-7H,1-3H3,(H,15,16,17). The van der Waals surface area contributed by atoms with Crippen molar-refractivity contribution in [2.45, 2.75) is 13.8 Å². The quantitative estimate of drug-likeness (QED) is 0.678. The number of hydrogen-bond donors (Lipinski definition) is 1. The zero-order chi connectivity index (χ0) is 13.1. The van der Waals surface area contributed by atoms with Gasteiger partial charge in [0.25, 0.3) is 0 Å². The summed E-state index contributed by atoms with van der Waals surface area (Å²) < 4.78 is 3.01. The maximum atomic E-state index is 6.04. The Bertz CT molecular complexity index is 552. The van der Waals surface area contributed by atoms with E-state index in [9.17, 15) is 0 Å². The first-order valence-electron chi connectivity index (χ1n) is 5.52. The van der Waals surface area contributed by atoms with Crippen LogP contribution in [0.5, 0.6) is 0 Å². The molecule has 0 radical (unpaired) electrons. The fraction of sp³-hybridized carbons (Fsp3) is 0.231. The largest absolute Gasteiger partial charge is 0.298 e. The fourth-order valence-corrected chi connectivity index (χ4v) is 2.36. The van der Waals surface area contributed by atoms with E-state index in [1.807, 2.05) is 12.3 Å². The van der Waals surface area contributed by atoms with Gasteiger partial charge in [-0.2, -0.15) is 0 Å². The average Bonchev–Trinajstić information content (AvgIpc) is 2.28. The van der Waals surface area contributed by atoms with Crippen LogP contribution in [-0.2, 0) is 0 Å². The molecule has 1 N–H and O–H groups in total. The van der Waals surface area contributed by atoms with Crippen molar-refractivity contribution in [2.75, 3.05) is 11.0 Å². The first kappa shape index (κ1) is 13.2. The molecule has 2 rings (SSSR count). The molecule has 0 saturated heterocycles. The molecule has 3 nitrogen and oxygen atoms in total. The molecule has 18 heavy (non-hydrogen) atoms. The first-order chi connectivity index (χ1) is 8.61.